The first-order valence-electron chi connectivity index (χ1n) is 18.6. The molecule has 1 unspecified atom stereocenters. The van der Waals surface area contributed by atoms with E-state index < -0.39 is 6.17 Å². The zero-order chi connectivity index (χ0) is 36.6. The molecule has 10 rings (SSSR count). The number of hydrogen-bond acceptors (Lipinski definition) is 4. The fourth-order valence-corrected chi connectivity index (χ4v) is 7.58. The Morgan fingerprint density at radius 2 is 0.873 bits per heavy atom. The van der Waals surface area contributed by atoms with Gasteiger partial charge >= 0.3 is 0 Å². The molecule has 1 aliphatic heterocycles. The SMILES string of the molecule is c1ccc(-c2ccc(C3=NC(c4cccc5oc6c(-c7ccc(-c8ccccc8)cc7)cccc6c45)NC(c4ccc(-c5ccccc5)cc4)=N3)cc2)cc1. The van der Waals surface area contributed by atoms with Crippen LogP contribution in [0.4, 0.5) is 0 Å². The van der Waals surface area contributed by atoms with Gasteiger partial charge in [-0.2, -0.15) is 0 Å². The van der Waals surface area contributed by atoms with Gasteiger partial charge in [-0.3, -0.25) is 0 Å². The number of fused-ring (bicyclic) bond motifs is 3. The summed E-state index contributed by atoms with van der Waals surface area (Å²) in [6.45, 7) is 0. The van der Waals surface area contributed by atoms with Crippen LogP contribution in [0.15, 0.2) is 215 Å². The molecule has 1 aromatic heterocycles. The highest BCUT2D eigenvalue weighted by Gasteiger charge is 2.25. The Labute approximate surface area is 319 Å². The molecule has 1 aliphatic rings. The van der Waals surface area contributed by atoms with E-state index in [1.807, 2.05) is 24.3 Å². The maximum absolute atomic E-state index is 6.71. The highest BCUT2D eigenvalue weighted by Crippen LogP contribution is 2.40. The van der Waals surface area contributed by atoms with Crippen LogP contribution in [-0.2, 0) is 0 Å². The van der Waals surface area contributed by atoms with Gasteiger partial charge in [0, 0.05) is 33.0 Å². The predicted octanol–water partition coefficient (Wildman–Crippen LogP) is 12.7. The van der Waals surface area contributed by atoms with Crippen molar-refractivity contribution < 1.29 is 4.42 Å². The minimum Gasteiger partial charge on any atom is -0.455 e. The third kappa shape index (κ3) is 6.20. The second kappa shape index (κ2) is 13.9. The molecule has 260 valence electrons. The van der Waals surface area contributed by atoms with Crippen LogP contribution < -0.4 is 5.32 Å². The number of hydrogen-bond donors (Lipinski definition) is 1. The Hall–Kier alpha value is -7.30. The van der Waals surface area contributed by atoms with Gasteiger partial charge in [-0.1, -0.05) is 194 Å². The van der Waals surface area contributed by atoms with E-state index in [4.69, 9.17) is 14.4 Å². The van der Waals surface area contributed by atoms with E-state index in [1.54, 1.807) is 0 Å². The molecule has 55 heavy (non-hydrogen) atoms. The fraction of sp³-hybridized carbons (Fsp3) is 0.0196. The molecule has 2 heterocycles. The van der Waals surface area contributed by atoms with Crippen molar-refractivity contribution in [1.82, 2.24) is 5.32 Å². The molecule has 4 nitrogen and oxygen atoms in total. The first kappa shape index (κ1) is 32.4. The lowest BCUT2D eigenvalue weighted by molar-refractivity contribution is 0.663. The third-order valence-corrected chi connectivity index (χ3v) is 10.4. The second-order valence-electron chi connectivity index (χ2n) is 13.8. The summed E-state index contributed by atoms with van der Waals surface area (Å²) in [6, 6.07) is 69.8. The summed E-state index contributed by atoms with van der Waals surface area (Å²) >= 11 is 0. The number of benzene rings is 8. The number of aliphatic imine (C=N–C) groups is 2. The Balaban J connectivity index is 1.06. The first-order chi connectivity index (χ1) is 27.2. The summed E-state index contributed by atoms with van der Waals surface area (Å²) in [5.41, 5.74) is 13.8. The van der Waals surface area contributed by atoms with E-state index in [0.717, 1.165) is 66.7 Å². The summed E-state index contributed by atoms with van der Waals surface area (Å²) < 4.78 is 6.71. The monoisotopic (exact) mass is 705 g/mol. The number of nitrogens with zero attached hydrogens (tertiary/aromatic N) is 2. The third-order valence-electron chi connectivity index (χ3n) is 10.4. The van der Waals surface area contributed by atoms with E-state index in [9.17, 15) is 0 Å². The summed E-state index contributed by atoms with van der Waals surface area (Å²) in [7, 11) is 0. The smallest absolute Gasteiger partial charge is 0.159 e. The molecule has 0 saturated heterocycles. The Morgan fingerprint density at radius 1 is 0.400 bits per heavy atom. The highest BCUT2D eigenvalue weighted by atomic mass is 16.3. The Bertz CT molecular complexity index is 2840. The lowest BCUT2D eigenvalue weighted by atomic mass is 9.97. The van der Waals surface area contributed by atoms with Crippen molar-refractivity contribution in [3.63, 3.8) is 0 Å². The van der Waals surface area contributed by atoms with Crippen LogP contribution in [0, 0.1) is 0 Å². The summed E-state index contributed by atoms with van der Waals surface area (Å²) in [4.78, 5) is 10.4. The van der Waals surface area contributed by atoms with Crippen LogP contribution in [0.2, 0.25) is 0 Å². The molecule has 0 spiro atoms. The molecule has 1 atom stereocenters. The maximum atomic E-state index is 6.71. The van der Waals surface area contributed by atoms with E-state index in [2.05, 4.69) is 181 Å². The number of furan rings is 1. The average molecular weight is 706 g/mol. The van der Waals surface area contributed by atoms with Gasteiger partial charge in [0.15, 0.2) is 5.84 Å². The molecular formula is C51H35N3O. The molecule has 0 saturated carbocycles. The Kier molecular flexibility index (Phi) is 8.19. The number of amidine groups is 2. The van der Waals surface area contributed by atoms with Gasteiger partial charge in [0.05, 0.1) is 0 Å². The molecule has 1 N–H and O–H groups in total. The maximum Gasteiger partial charge on any atom is 0.159 e. The predicted molar refractivity (Wildman–Crippen MR) is 227 cm³/mol. The molecule has 8 aromatic carbocycles. The van der Waals surface area contributed by atoms with Gasteiger partial charge < -0.3 is 9.73 Å². The lowest BCUT2D eigenvalue weighted by Crippen LogP contribution is -2.33. The van der Waals surface area contributed by atoms with Crippen molar-refractivity contribution >= 4 is 33.6 Å². The van der Waals surface area contributed by atoms with E-state index in [-0.39, 0.29) is 0 Å². The molecule has 0 amide bonds. The quantitative estimate of drug-likeness (QED) is 0.179. The van der Waals surface area contributed by atoms with Crippen molar-refractivity contribution in [2.45, 2.75) is 6.17 Å². The van der Waals surface area contributed by atoms with Crippen LogP contribution in [0.25, 0.3) is 66.4 Å². The van der Waals surface area contributed by atoms with E-state index in [1.165, 1.54) is 22.3 Å². The number of rotatable bonds is 7. The van der Waals surface area contributed by atoms with Crippen molar-refractivity contribution in [2.24, 2.45) is 9.98 Å². The fourth-order valence-electron chi connectivity index (χ4n) is 7.58. The van der Waals surface area contributed by atoms with Crippen LogP contribution in [0.3, 0.4) is 0 Å². The largest absolute Gasteiger partial charge is 0.455 e. The normalized spacial score (nSPS) is 14.0. The summed E-state index contributed by atoms with van der Waals surface area (Å²) in [5.74, 6) is 1.44. The molecule has 0 fully saturated rings. The van der Waals surface area contributed by atoms with E-state index in [0.29, 0.717) is 5.84 Å². The first-order valence-corrected chi connectivity index (χ1v) is 18.6. The zero-order valence-electron chi connectivity index (χ0n) is 29.9. The standard InChI is InChI=1S/C51H35N3O/c1-4-12-34(13-5-1)37-22-28-40(29-23-37)43-18-10-19-44-47-45(20-11-21-46(47)55-48(43)44)51-53-49(41-30-24-38(25-31-41)35-14-6-2-7-15-35)52-50(54-51)42-32-26-39(27-33-42)36-16-8-3-9-17-36/h1-33,51H,(H,52,53,54). The molecule has 9 aromatic rings. The van der Waals surface area contributed by atoms with Crippen molar-refractivity contribution in [2.75, 3.05) is 0 Å². The molecule has 0 aliphatic carbocycles. The van der Waals surface area contributed by atoms with Gasteiger partial charge in [0.25, 0.3) is 0 Å². The molecular weight excluding hydrogens is 671 g/mol. The molecule has 0 radical (unpaired) electrons. The molecule has 0 bridgehead atoms. The van der Waals surface area contributed by atoms with E-state index >= 15 is 0 Å². The van der Waals surface area contributed by atoms with Crippen LogP contribution >= 0.6 is 0 Å². The summed E-state index contributed by atoms with van der Waals surface area (Å²) in [5, 5.41) is 5.81. The van der Waals surface area contributed by atoms with Gasteiger partial charge in [-0.05, 0) is 45.0 Å². The van der Waals surface area contributed by atoms with Crippen molar-refractivity contribution in [3.05, 3.63) is 217 Å². The van der Waals surface area contributed by atoms with Crippen LogP contribution in [0.5, 0.6) is 0 Å². The topological polar surface area (TPSA) is 49.9 Å². The highest BCUT2D eigenvalue weighted by molar-refractivity contribution is 6.15. The van der Waals surface area contributed by atoms with Gasteiger partial charge in [0.2, 0.25) is 0 Å². The average Bonchev–Trinajstić information content (AvgIpc) is 3.67. The van der Waals surface area contributed by atoms with Crippen LogP contribution in [-0.4, -0.2) is 11.7 Å². The van der Waals surface area contributed by atoms with Crippen molar-refractivity contribution in [3.8, 4) is 44.5 Å². The number of para-hydroxylation sites is 1. The zero-order valence-corrected chi connectivity index (χ0v) is 29.9. The van der Waals surface area contributed by atoms with Crippen molar-refractivity contribution in [1.29, 1.82) is 0 Å². The lowest BCUT2D eigenvalue weighted by Gasteiger charge is -2.24. The summed E-state index contributed by atoms with van der Waals surface area (Å²) in [6.07, 6.45) is -0.414. The van der Waals surface area contributed by atoms with Gasteiger partial charge in [-0.25, -0.2) is 9.98 Å². The minimum absolute atomic E-state index is 0.414. The van der Waals surface area contributed by atoms with Gasteiger partial charge in [-0.15, -0.1) is 0 Å². The number of nitrogens with one attached hydrogen (secondary N) is 1. The Morgan fingerprint density at radius 3 is 1.44 bits per heavy atom. The van der Waals surface area contributed by atoms with Crippen LogP contribution in [0.1, 0.15) is 22.9 Å². The second-order valence-corrected chi connectivity index (χ2v) is 13.8. The van der Waals surface area contributed by atoms with Gasteiger partial charge in [0.1, 0.15) is 23.2 Å². The molecule has 4 heteroatoms. The minimum atomic E-state index is -0.414.